The Kier molecular flexibility index (Phi) is 3.34. The van der Waals surface area contributed by atoms with Crippen molar-refractivity contribution >= 4 is 44.8 Å². The van der Waals surface area contributed by atoms with Crippen LogP contribution in [0.4, 0.5) is 11.6 Å². The van der Waals surface area contributed by atoms with E-state index in [0.29, 0.717) is 34.8 Å². The van der Waals surface area contributed by atoms with Crippen molar-refractivity contribution in [2.24, 2.45) is 0 Å². The minimum atomic E-state index is 0.333. The Balaban J connectivity index is 2.18. The highest BCUT2D eigenvalue weighted by atomic mass is 79.9. The highest BCUT2D eigenvalue weighted by Crippen LogP contribution is 2.29. The van der Waals surface area contributed by atoms with Gasteiger partial charge in [0.15, 0.2) is 0 Å². The molecule has 2 heterocycles. The first-order valence-electron chi connectivity index (χ1n) is 6.25. The van der Waals surface area contributed by atoms with Gasteiger partial charge in [0.05, 0.1) is 11.9 Å². The van der Waals surface area contributed by atoms with Gasteiger partial charge in [-0.15, -0.1) is 0 Å². The molecular formula is C14H13BrN6. The summed E-state index contributed by atoms with van der Waals surface area (Å²) in [6.07, 6.45) is 2.60. The number of hydrogen-bond donors (Lipinski definition) is 3. The number of anilines is 2. The van der Waals surface area contributed by atoms with Gasteiger partial charge in [-0.05, 0) is 17.7 Å². The molecule has 0 fully saturated rings. The van der Waals surface area contributed by atoms with E-state index in [4.69, 9.17) is 16.9 Å². The number of nitrogens with zero attached hydrogens (tertiary/aromatic N) is 3. The molecule has 7 heteroatoms. The molecule has 0 aliphatic rings. The predicted octanol–water partition coefficient (Wildman–Crippen LogP) is 2.40. The Morgan fingerprint density at radius 2 is 1.90 bits per heavy atom. The van der Waals surface area contributed by atoms with Gasteiger partial charge >= 0.3 is 0 Å². The Morgan fingerprint density at radius 3 is 2.57 bits per heavy atom. The van der Waals surface area contributed by atoms with Crippen LogP contribution in [0.3, 0.4) is 0 Å². The van der Waals surface area contributed by atoms with Crippen molar-refractivity contribution < 1.29 is 0 Å². The Hall–Kier alpha value is -2.41. The van der Waals surface area contributed by atoms with Crippen molar-refractivity contribution in [3.8, 4) is 0 Å². The minimum Gasteiger partial charge on any atom is -0.384 e. The fraction of sp³-hybridized carbons (Fsp3) is 0.0714. The summed E-state index contributed by atoms with van der Waals surface area (Å²) in [6, 6.07) is 7.95. The van der Waals surface area contributed by atoms with E-state index >= 15 is 0 Å². The lowest BCUT2D eigenvalue weighted by atomic mass is 10.2. The molecule has 106 valence electrons. The topological polar surface area (TPSA) is 107 Å². The average molecular weight is 345 g/mol. The zero-order valence-electron chi connectivity index (χ0n) is 11.0. The van der Waals surface area contributed by atoms with Gasteiger partial charge < -0.3 is 21.4 Å². The summed E-state index contributed by atoms with van der Waals surface area (Å²) in [5.74, 6) is 0.801. The molecule has 0 atom stereocenters. The second-order valence-electron chi connectivity index (χ2n) is 4.61. The van der Waals surface area contributed by atoms with Crippen LogP contribution in [0.25, 0.3) is 11.0 Å². The molecule has 0 radical (unpaired) electrons. The average Bonchev–Trinajstić information content (AvgIpc) is 2.75. The van der Waals surface area contributed by atoms with Gasteiger partial charge in [-0.2, -0.15) is 0 Å². The van der Waals surface area contributed by atoms with Crippen molar-refractivity contribution in [2.45, 2.75) is 6.54 Å². The molecule has 1 aromatic carbocycles. The molecule has 3 rings (SSSR count). The molecule has 0 saturated carbocycles. The van der Waals surface area contributed by atoms with E-state index in [0.717, 1.165) is 10.0 Å². The fourth-order valence-electron chi connectivity index (χ4n) is 2.32. The van der Waals surface area contributed by atoms with Crippen LogP contribution >= 0.6 is 15.9 Å². The van der Waals surface area contributed by atoms with Gasteiger partial charge in [0.25, 0.3) is 0 Å². The van der Waals surface area contributed by atoms with E-state index < -0.39 is 0 Å². The number of halogens is 1. The van der Waals surface area contributed by atoms with Crippen molar-refractivity contribution in [2.75, 3.05) is 11.5 Å². The van der Waals surface area contributed by atoms with Crippen LogP contribution in [-0.2, 0) is 6.54 Å². The van der Waals surface area contributed by atoms with Crippen molar-refractivity contribution in [3.63, 3.8) is 0 Å². The maximum atomic E-state index is 7.55. The quantitative estimate of drug-likeness (QED) is 0.634. The maximum Gasteiger partial charge on any atom is 0.148 e. The first kappa shape index (κ1) is 13.6. The molecule has 0 amide bonds. The predicted molar refractivity (Wildman–Crippen MR) is 87.5 cm³/mol. The lowest BCUT2D eigenvalue weighted by Crippen LogP contribution is -2.05. The SMILES string of the molecule is N=Cc1c(N)n(Cc2ccc(Br)cc2)c2ncnc(N)c12. The number of aromatic nitrogens is 3. The zero-order chi connectivity index (χ0) is 15.0. The molecule has 0 aliphatic carbocycles. The first-order chi connectivity index (χ1) is 10.1. The summed E-state index contributed by atoms with van der Waals surface area (Å²) in [4.78, 5) is 8.24. The minimum absolute atomic E-state index is 0.333. The van der Waals surface area contributed by atoms with Crippen LogP contribution in [0.2, 0.25) is 0 Å². The molecule has 2 aromatic heterocycles. The van der Waals surface area contributed by atoms with Crippen LogP contribution in [0.1, 0.15) is 11.1 Å². The lowest BCUT2D eigenvalue weighted by molar-refractivity contribution is 0.834. The van der Waals surface area contributed by atoms with E-state index in [2.05, 4.69) is 25.9 Å². The molecule has 21 heavy (non-hydrogen) atoms. The number of hydrogen-bond acceptors (Lipinski definition) is 5. The molecule has 0 unspecified atom stereocenters. The summed E-state index contributed by atoms with van der Waals surface area (Å²) in [7, 11) is 0. The molecule has 5 N–H and O–H groups in total. The fourth-order valence-corrected chi connectivity index (χ4v) is 2.58. The standard InChI is InChI=1S/C14H13BrN6/c15-9-3-1-8(2-4-9)6-21-13(18)10(5-16)11-12(17)19-7-20-14(11)21/h1-5,7,16H,6,18H2,(H2,17,19,20). The van der Waals surface area contributed by atoms with Crippen LogP contribution in [0.5, 0.6) is 0 Å². The van der Waals surface area contributed by atoms with E-state index in [1.54, 1.807) is 0 Å². The van der Waals surface area contributed by atoms with E-state index in [1.807, 2.05) is 28.8 Å². The summed E-state index contributed by atoms with van der Waals surface area (Å²) >= 11 is 3.41. The summed E-state index contributed by atoms with van der Waals surface area (Å²) in [5, 5.41) is 8.18. The first-order valence-corrected chi connectivity index (χ1v) is 7.04. The molecule has 6 nitrogen and oxygen atoms in total. The molecule has 3 aromatic rings. The summed E-state index contributed by atoms with van der Waals surface area (Å²) < 4.78 is 2.86. The maximum absolute atomic E-state index is 7.55. The smallest absolute Gasteiger partial charge is 0.148 e. The zero-order valence-corrected chi connectivity index (χ0v) is 12.6. The number of rotatable bonds is 3. The lowest BCUT2D eigenvalue weighted by Gasteiger charge is -2.07. The second-order valence-corrected chi connectivity index (χ2v) is 5.53. The largest absolute Gasteiger partial charge is 0.384 e. The molecular weight excluding hydrogens is 332 g/mol. The summed E-state index contributed by atoms with van der Waals surface area (Å²) in [5.41, 5.74) is 14.3. The van der Waals surface area contributed by atoms with Gasteiger partial charge in [0, 0.05) is 16.3 Å². The van der Waals surface area contributed by atoms with Crippen LogP contribution in [0, 0.1) is 5.41 Å². The van der Waals surface area contributed by atoms with E-state index in [1.165, 1.54) is 12.5 Å². The van der Waals surface area contributed by atoms with Gasteiger partial charge in [-0.1, -0.05) is 28.1 Å². The number of fused-ring (bicyclic) bond motifs is 1. The third-order valence-electron chi connectivity index (χ3n) is 3.35. The third kappa shape index (κ3) is 2.25. The molecule has 0 saturated heterocycles. The Morgan fingerprint density at radius 1 is 1.19 bits per heavy atom. The van der Waals surface area contributed by atoms with Crippen molar-refractivity contribution in [1.29, 1.82) is 5.41 Å². The second kappa shape index (κ2) is 5.17. The monoisotopic (exact) mass is 344 g/mol. The van der Waals surface area contributed by atoms with Crippen molar-refractivity contribution in [1.82, 2.24) is 14.5 Å². The number of nitrogens with one attached hydrogen (secondary N) is 1. The van der Waals surface area contributed by atoms with Crippen molar-refractivity contribution in [3.05, 3.63) is 46.2 Å². The van der Waals surface area contributed by atoms with Gasteiger partial charge in [-0.25, -0.2) is 9.97 Å². The molecule has 0 bridgehead atoms. The number of benzene rings is 1. The van der Waals surface area contributed by atoms with Gasteiger partial charge in [-0.3, -0.25) is 0 Å². The summed E-state index contributed by atoms with van der Waals surface area (Å²) in [6.45, 7) is 0.555. The van der Waals surface area contributed by atoms with E-state index in [-0.39, 0.29) is 0 Å². The Bertz CT molecular complexity index is 822. The van der Waals surface area contributed by atoms with E-state index in [9.17, 15) is 0 Å². The molecule has 0 aliphatic heterocycles. The normalized spacial score (nSPS) is 10.9. The number of nitrogens with two attached hydrogens (primary N) is 2. The van der Waals surface area contributed by atoms with Crippen LogP contribution in [0.15, 0.2) is 35.1 Å². The highest BCUT2D eigenvalue weighted by molar-refractivity contribution is 9.10. The molecule has 0 spiro atoms. The Labute approximate surface area is 129 Å². The number of nitrogen functional groups attached to an aromatic ring is 2. The van der Waals surface area contributed by atoms with Gasteiger partial charge in [0.1, 0.15) is 23.6 Å². The van der Waals surface area contributed by atoms with Crippen LogP contribution in [-0.4, -0.2) is 20.7 Å². The van der Waals surface area contributed by atoms with Gasteiger partial charge in [0.2, 0.25) is 0 Å². The highest BCUT2D eigenvalue weighted by Gasteiger charge is 2.17. The van der Waals surface area contributed by atoms with Crippen LogP contribution < -0.4 is 11.5 Å². The third-order valence-corrected chi connectivity index (χ3v) is 3.88.